The Bertz CT molecular complexity index is 1030. The summed E-state index contributed by atoms with van der Waals surface area (Å²) < 4.78 is 6.55. The van der Waals surface area contributed by atoms with Crippen LogP contribution in [0.1, 0.15) is 51.4 Å². The van der Waals surface area contributed by atoms with Gasteiger partial charge in [-0.05, 0) is 49.6 Å². The van der Waals surface area contributed by atoms with E-state index in [1.807, 2.05) is 42.6 Å². The van der Waals surface area contributed by atoms with Gasteiger partial charge in [0.1, 0.15) is 16.8 Å². The van der Waals surface area contributed by atoms with Crippen molar-refractivity contribution >= 4 is 28.9 Å². The second-order valence-corrected chi connectivity index (χ2v) is 9.02. The molecule has 162 valence electrons. The molecule has 1 fully saturated rings. The summed E-state index contributed by atoms with van der Waals surface area (Å²) in [6.07, 6.45) is 1.71. The van der Waals surface area contributed by atoms with Gasteiger partial charge in [-0.3, -0.25) is 4.90 Å². The third-order valence-electron chi connectivity index (χ3n) is 5.31. The van der Waals surface area contributed by atoms with E-state index in [2.05, 4.69) is 14.9 Å². The summed E-state index contributed by atoms with van der Waals surface area (Å²) in [7, 11) is 0. The Hall–Kier alpha value is -2.32. The molecule has 0 bridgehead atoms. The number of aryl methyl sites for hydroxylation is 1. The number of pyridine rings is 1. The van der Waals surface area contributed by atoms with Crippen LogP contribution in [0.4, 0.5) is 0 Å². The highest BCUT2D eigenvalue weighted by Crippen LogP contribution is 2.32. The lowest BCUT2D eigenvalue weighted by Crippen LogP contribution is -2.37. The average molecular weight is 458 g/mol. The van der Waals surface area contributed by atoms with Crippen molar-refractivity contribution in [2.45, 2.75) is 38.5 Å². The molecule has 1 aromatic carbocycles. The number of rotatable bonds is 7. The summed E-state index contributed by atoms with van der Waals surface area (Å²) in [6, 6.07) is 12.9. The van der Waals surface area contributed by atoms with Crippen molar-refractivity contribution in [2.75, 3.05) is 13.1 Å². The normalized spacial score (nSPS) is 16.3. The molecular formula is C23H24ClN3O3S. The molecule has 3 heterocycles. The number of nitrogens with zero attached hydrogens (tertiary/aromatic N) is 3. The highest BCUT2D eigenvalue weighted by Gasteiger charge is 2.26. The molecule has 1 unspecified atom stereocenters. The standard InChI is InChI=1S/C23H24ClN3O3S/c1-15-14-31-22(25-15)21(16-5-7-17(24)8-6-16)30-19-9-11-27(12-10-19)13-18-3-2-4-20(26-18)23(28)29/h2-8,14,19,21H,9-13H2,1H3,(H,28,29). The highest BCUT2D eigenvalue weighted by molar-refractivity contribution is 7.09. The lowest BCUT2D eigenvalue weighted by Gasteiger charge is -2.33. The largest absolute Gasteiger partial charge is 0.477 e. The first-order valence-electron chi connectivity index (χ1n) is 10.2. The van der Waals surface area contributed by atoms with E-state index >= 15 is 0 Å². The van der Waals surface area contributed by atoms with E-state index in [0.29, 0.717) is 11.6 Å². The number of likely N-dealkylation sites (tertiary alicyclic amines) is 1. The molecule has 0 radical (unpaired) electrons. The minimum Gasteiger partial charge on any atom is -0.477 e. The van der Waals surface area contributed by atoms with Crippen molar-refractivity contribution in [3.63, 3.8) is 0 Å². The van der Waals surface area contributed by atoms with Crippen molar-refractivity contribution in [1.29, 1.82) is 0 Å². The molecule has 1 aliphatic rings. The van der Waals surface area contributed by atoms with E-state index in [-0.39, 0.29) is 17.9 Å². The molecule has 1 N–H and O–H groups in total. The van der Waals surface area contributed by atoms with E-state index in [9.17, 15) is 4.79 Å². The van der Waals surface area contributed by atoms with Gasteiger partial charge in [0, 0.05) is 35.7 Å². The van der Waals surface area contributed by atoms with Gasteiger partial charge in [0.15, 0.2) is 0 Å². The lowest BCUT2D eigenvalue weighted by atomic mass is 10.1. The zero-order chi connectivity index (χ0) is 21.8. The van der Waals surface area contributed by atoms with Crippen molar-refractivity contribution in [2.24, 2.45) is 0 Å². The smallest absolute Gasteiger partial charge is 0.354 e. The van der Waals surface area contributed by atoms with Crippen LogP contribution in [0.3, 0.4) is 0 Å². The molecule has 0 spiro atoms. The second kappa shape index (κ2) is 9.87. The average Bonchev–Trinajstić information content (AvgIpc) is 3.20. The minimum atomic E-state index is -1.00. The number of carbonyl (C=O) groups is 1. The Morgan fingerprint density at radius 3 is 2.61 bits per heavy atom. The lowest BCUT2D eigenvalue weighted by molar-refractivity contribution is -0.0283. The molecule has 0 saturated carbocycles. The number of aromatic nitrogens is 2. The van der Waals surface area contributed by atoms with Gasteiger partial charge < -0.3 is 9.84 Å². The van der Waals surface area contributed by atoms with Crippen LogP contribution in [0.5, 0.6) is 0 Å². The Morgan fingerprint density at radius 2 is 1.97 bits per heavy atom. The number of hydrogen-bond donors (Lipinski definition) is 1. The summed E-state index contributed by atoms with van der Waals surface area (Å²) in [5.74, 6) is -1.00. The Kier molecular flexibility index (Phi) is 6.97. The van der Waals surface area contributed by atoms with Gasteiger partial charge in [-0.25, -0.2) is 14.8 Å². The predicted octanol–water partition coefficient (Wildman–Crippen LogP) is 4.97. The summed E-state index contributed by atoms with van der Waals surface area (Å²) in [5.41, 5.74) is 2.90. The van der Waals surface area contributed by atoms with Crippen molar-refractivity contribution in [1.82, 2.24) is 14.9 Å². The molecule has 2 aromatic heterocycles. The number of thiazole rings is 1. The predicted molar refractivity (Wildman–Crippen MR) is 121 cm³/mol. The van der Waals surface area contributed by atoms with Crippen LogP contribution in [0.25, 0.3) is 0 Å². The van der Waals surface area contributed by atoms with E-state index < -0.39 is 5.97 Å². The molecular weight excluding hydrogens is 434 g/mol. The second-order valence-electron chi connectivity index (χ2n) is 7.69. The van der Waals surface area contributed by atoms with Gasteiger partial charge in [0.2, 0.25) is 0 Å². The van der Waals surface area contributed by atoms with Crippen LogP contribution in [0.2, 0.25) is 5.02 Å². The maximum Gasteiger partial charge on any atom is 0.354 e. The summed E-state index contributed by atoms with van der Waals surface area (Å²) in [4.78, 5) is 22.3. The van der Waals surface area contributed by atoms with Crippen LogP contribution in [0, 0.1) is 6.92 Å². The molecule has 1 aliphatic heterocycles. The van der Waals surface area contributed by atoms with E-state index in [4.69, 9.17) is 21.4 Å². The first kappa shape index (κ1) is 21.9. The molecule has 4 rings (SSSR count). The Balaban J connectivity index is 1.39. The van der Waals surface area contributed by atoms with E-state index in [0.717, 1.165) is 47.9 Å². The van der Waals surface area contributed by atoms with Crippen LogP contribution in [-0.4, -0.2) is 45.1 Å². The number of carboxylic acid groups (broad SMARTS) is 1. The van der Waals surface area contributed by atoms with Crippen LogP contribution >= 0.6 is 22.9 Å². The van der Waals surface area contributed by atoms with Gasteiger partial charge in [0.05, 0.1) is 11.8 Å². The van der Waals surface area contributed by atoms with Gasteiger partial charge in [0.25, 0.3) is 0 Å². The summed E-state index contributed by atoms with van der Waals surface area (Å²) >= 11 is 7.69. The number of aromatic carboxylic acids is 1. The van der Waals surface area contributed by atoms with Gasteiger partial charge >= 0.3 is 5.97 Å². The van der Waals surface area contributed by atoms with E-state index in [1.54, 1.807) is 17.4 Å². The summed E-state index contributed by atoms with van der Waals surface area (Å²) in [6.45, 7) is 4.37. The third-order valence-corrected chi connectivity index (χ3v) is 6.57. The third kappa shape index (κ3) is 5.68. The summed E-state index contributed by atoms with van der Waals surface area (Å²) in [5, 5.41) is 12.8. The molecule has 1 saturated heterocycles. The number of piperidine rings is 1. The molecule has 0 amide bonds. The molecule has 8 heteroatoms. The molecule has 1 atom stereocenters. The topological polar surface area (TPSA) is 75.5 Å². The zero-order valence-electron chi connectivity index (χ0n) is 17.2. The zero-order valence-corrected chi connectivity index (χ0v) is 18.8. The fraction of sp³-hybridized carbons (Fsp3) is 0.348. The minimum absolute atomic E-state index is 0.0836. The molecule has 0 aliphatic carbocycles. The first-order valence-corrected chi connectivity index (χ1v) is 11.5. The fourth-order valence-electron chi connectivity index (χ4n) is 3.72. The monoisotopic (exact) mass is 457 g/mol. The van der Waals surface area contributed by atoms with Gasteiger partial charge in [-0.1, -0.05) is 29.8 Å². The number of ether oxygens (including phenoxy) is 1. The van der Waals surface area contributed by atoms with Gasteiger partial charge in [-0.2, -0.15) is 0 Å². The maximum atomic E-state index is 11.1. The Labute approximate surface area is 190 Å². The number of carboxylic acids is 1. The SMILES string of the molecule is Cc1csc(C(OC2CCN(Cc3cccc(C(=O)O)n3)CC2)c2ccc(Cl)cc2)n1. The van der Waals surface area contributed by atoms with E-state index in [1.165, 1.54) is 6.07 Å². The van der Waals surface area contributed by atoms with Crippen LogP contribution < -0.4 is 0 Å². The number of hydrogen-bond acceptors (Lipinski definition) is 6. The first-order chi connectivity index (χ1) is 15.0. The quantitative estimate of drug-likeness (QED) is 0.540. The van der Waals surface area contributed by atoms with Crippen molar-refractivity contribution in [3.05, 3.63) is 80.5 Å². The highest BCUT2D eigenvalue weighted by atomic mass is 35.5. The molecule has 31 heavy (non-hydrogen) atoms. The van der Waals surface area contributed by atoms with Crippen LogP contribution in [-0.2, 0) is 11.3 Å². The van der Waals surface area contributed by atoms with Gasteiger partial charge in [-0.15, -0.1) is 11.3 Å². The van der Waals surface area contributed by atoms with Crippen molar-refractivity contribution in [3.8, 4) is 0 Å². The number of benzene rings is 1. The van der Waals surface area contributed by atoms with Crippen molar-refractivity contribution < 1.29 is 14.6 Å². The molecule has 3 aromatic rings. The number of halogens is 1. The Morgan fingerprint density at radius 1 is 1.23 bits per heavy atom. The van der Waals surface area contributed by atoms with Crippen LogP contribution in [0.15, 0.2) is 47.8 Å². The maximum absolute atomic E-state index is 11.1. The fourth-order valence-corrected chi connectivity index (χ4v) is 4.70. The molecule has 6 nitrogen and oxygen atoms in total.